The molecule has 0 bridgehead atoms. The van der Waals surface area contributed by atoms with E-state index >= 15 is 0 Å². The predicted octanol–water partition coefficient (Wildman–Crippen LogP) is 1.57. The predicted molar refractivity (Wildman–Crippen MR) is 112 cm³/mol. The number of hydrogen-bond donors (Lipinski definition) is 2. The number of piperazine rings is 1. The van der Waals surface area contributed by atoms with Gasteiger partial charge in [0.25, 0.3) is 0 Å². The van der Waals surface area contributed by atoms with Crippen LogP contribution < -0.4 is 5.32 Å². The number of carboxylic acid groups (broad SMARTS) is 1. The van der Waals surface area contributed by atoms with Crippen molar-refractivity contribution in [3.63, 3.8) is 0 Å². The Kier molecular flexibility index (Phi) is 5.74. The summed E-state index contributed by atoms with van der Waals surface area (Å²) in [5.74, 6) is -0.146. The van der Waals surface area contributed by atoms with Gasteiger partial charge in [0.1, 0.15) is 12.2 Å². The molecule has 4 rings (SSSR count). The first kappa shape index (κ1) is 21.1. The third kappa shape index (κ3) is 4.17. The Labute approximate surface area is 177 Å². The molecule has 1 unspecified atom stereocenters. The Morgan fingerprint density at radius 2 is 1.90 bits per heavy atom. The lowest BCUT2D eigenvalue weighted by molar-refractivity contribution is -0.148. The van der Waals surface area contributed by atoms with Crippen molar-refractivity contribution in [2.75, 3.05) is 39.3 Å². The van der Waals surface area contributed by atoms with Crippen LogP contribution in [0.3, 0.4) is 0 Å². The standard InChI is InChI=1S/C22H32N4O4/c1-17(2)30-16-22-15-25(20(28)29)13-19(27)26(22)14-21(23-22)8-10-24(11-9-21)12-18-6-4-3-5-7-18/h3-7,17,23H,8-16H2,1-2H3,(H,28,29). The molecule has 0 saturated carbocycles. The van der Waals surface area contributed by atoms with E-state index in [1.165, 1.54) is 10.5 Å². The van der Waals surface area contributed by atoms with Crippen molar-refractivity contribution in [1.82, 2.24) is 20.0 Å². The van der Waals surface area contributed by atoms with Gasteiger partial charge in [0, 0.05) is 31.7 Å². The number of fused-ring (bicyclic) bond motifs is 1. The molecule has 1 aromatic rings. The van der Waals surface area contributed by atoms with Crippen molar-refractivity contribution in [2.45, 2.75) is 50.5 Å². The van der Waals surface area contributed by atoms with E-state index in [1.807, 2.05) is 24.8 Å². The summed E-state index contributed by atoms with van der Waals surface area (Å²) in [5, 5.41) is 13.2. The molecular weight excluding hydrogens is 384 g/mol. The second kappa shape index (κ2) is 8.17. The summed E-state index contributed by atoms with van der Waals surface area (Å²) >= 11 is 0. The number of rotatable bonds is 5. The highest BCUT2D eigenvalue weighted by atomic mass is 16.5. The molecule has 0 radical (unpaired) electrons. The second-order valence-electron chi connectivity index (χ2n) is 9.18. The molecule has 8 heteroatoms. The van der Waals surface area contributed by atoms with Gasteiger partial charge in [-0.1, -0.05) is 30.3 Å². The molecule has 3 aliphatic heterocycles. The minimum absolute atomic E-state index is 0.00241. The number of piperidine rings is 1. The van der Waals surface area contributed by atoms with Gasteiger partial charge in [0.15, 0.2) is 0 Å². The monoisotopic (exact) mass is 416 g/mol. The van der Waals surface area contributed by atoms with E-state index in [9.17, 15) is 14.7 Å². The van der Waals surface area contributed by atoms with Gasteiger partial charge in [0.05, 0.1) is 19.3 Å². The van der Waals surface area contributed by atoms with Gasteiger partial charge in [-0.2, -0.15) is 0 Å². The normalized spacial score (nSPS) is 26.4. The summed E-state index contributed by atoms with van der Waals surface area (Å²) in [6.45, 7) is 7.75. The Hall–Kier alpha value is -2.16. The maximum Gasteiger partial charge on any atom is 0.407 e. The van der Waals surface area contributed by atoms with Crippen molar-refractivity contribution in [3.05, 3.63) is 35.9 Å². The first-order chi connectivity index (χ1) is 14.3. The number of hydrogen-bond acceptors (Lipinski definition) is 5. The highest BCUT2D eigenvalue weighted by Crippen LogP contribution is 2.37. The molecule has 1 atom stereocenters. The fourth-order valence-corrected chi connectivity index (χ4v) is 4.99. The van der Waals surface area contributed by atoms with E-state index in [-0.39, 0.29) is 37.2 Å². The van der Waals surface area contributed by atoms with Crippen LogP contribution in [0.1, 0.15) is 32.3 Å². The largest absolute Gasteiger partial charge is 0.465 e. The highest BCUT2D eigenvalue weighted by Gasteiger charge is 2.58. The molecule has 3 aliphatic rings. The fraction of sp³-hybridized carbons (Fsp3) is 0.636. The van der Waals surface area contributed by atoms with Crippen molar-refractivity contribution >= 4 is 12.0 Å². The Morgan fingerprint density at radius 3 is 2.53 bits per heavy atom. The highest BCUT2D eigenvalue weighted by molar-refractivity contribution is 5.84. The summed E-state index contributed by atoms with van der Waals surface area (Å²) in [6.07, 6.45) is 0.773. The average molecular weight is 417 g/mol. The van der Waals surface area contributed by atoms with Crippen molar-refractivity contribution in [3.8, 4) is 0 Å². The molecule has 2 N–H and O–H groups in total. The number of nitrogens with one attached hydrogen (secondary N) is 1. The smallest absolute Gasteiger partial charge is 0.407 e. The van der Waals surface area contributed by atoms with Crippen molar-refractivity contribution in [1.29, 1.82) is 0 Å². The van der Waals surface area contributed by atoms with Crippen molar-refractivity contribution < 1.29 is 19.4 Å². The van der Waals surface area contributed by atoms with Gasteiger partial charge in [-0.25, -0.2) is 4.79 Å². The maximum atomic E-state index is 12.9. The number of benzene rings is 1. The third-order valence-corrected chi connectivity index (χ3v) is 6.54. The molecule has 30 heavy (non-hydrogen) atoms. The molecule has 3 fully saturated rings. The van der Waals surface area contributed by atoms with E-state index in [2.05, 4.69) is 34.5 Å². The molecule has 0 aliphatic carbocycles. The van der Waals surface area contributed by atoms with Gasteiger partial charge >= 0.3 is 6.09 Å². The maximum absolute atomic E-state index is 12.9. The zero-order valence-electron chi connectivity index (χ0n) is 17.8. The van der Waals surface area contributed by atoms with E-state index in [0.29, 0.717) is 6.54 Å². The van der Waals surface area contributed by atoms with Gasteiger partial charge in [-0.15, -0.1) is 0 Å². The minimum Gasteiger partial charge on any atom is -0.465 e. The van der Waals surface area contributed by atoms with Crippen LogP contribution in [0.4, 0.5) is 4.79 Å². The molecule has 0 aromatic heterocycles. The van der Waals surface area contributed by atoms with Crippen LogP contribution in [-0.4, -0.2) is 88.4 Å². The average Bonchev–Trinajstić information content (AvgIpc) is 3.04. The van der Waals surface area contributed by atoms with E-state index < -0.39 is 11.8 Å². The van der Waals surface area contributed by atoms with Gasteiger partial charge in [-0.05, 0) is 32.3 Å². The van der Waals surface area contributed by atoms with Crippen molar-refractivity contribution in [2.24, 2.45) is 0 Å². The van der Waals surface area contributed by atoms with E-state index in [1.54, 1.807) is 0 Å². The molecule has 8 nitrogen and oxygen atoms in total. The van der Waals surface area contributed by atoms with E-state index in [4.69, 9.17) is 4.74 Å². The van der Waals surface area contributed by atoms with Crippen LogP contribution in [0.2, 0.25) is 0 Å². The minimum atomic E-state index is -1.06. The van der Waals surface area contributed by atoms with Crippen LogP contribution in [0.5, 0.6) is 0 Å². The number of likely N-dealkylation sites (tertiary alicyclic amines) is 1. The zero-order valence-corrected chi connectivity index (χ0v) is 17.8. The zero-order chi connectivity index (χ0) is 21.4. The summed E-state index contributed by atoms with van der Waals surface area (Å²) < 4.78 is 5.91. The van der Waals surface area contributed by atoms with Crippen LogP contribution in [0.15, 0.2) is 30.3 Å². The Morgan fingerprint density at radius 1 is 1.20 bits per heavy atom. The molecule has 164 valence electrons. The van der Waals surface area contributed by atoms with E-state index in [0.717, 1.165) is 32.5 Å². The van der Waals surface area contributed by atoms with Crippen LogP contribution in [0, 0.1) is 0 Å². The lowest BCUT2D eigenvalue weighted by atomic mass is 9.88. The topological polar surface area (TPSA) is 85.3 Å². The summed E-state index contributed by atoms with van der Waals surface area (Å²) in [7, 11) is 0. The van der Waals surface area contributed by atoms with Gasteiger partial charge in [-0.3, -0.25) is 19.9 Å². The molecule has 2 amide bonds. The lowest BCUT2D eigenvalue weighted by Crippen LogP contribution is -2.70. The van der Waals surface area contributed by atoms with Gasteiger partial charge in [0.2, 0.25) is 5.91 Å². The lowest BCUT2D eigenvalue weighted by Gasteiger charge is -2.46. The molecule has 3 saturated heterocycles. The molecule has 3 heterocycles. The SMILES string of the molecule is CC(C)OCC12CN(C(=O)O)CC(=O)N1CC1(CCN(Cc3ccccc3)CC1)N2. The molecular formula is C22H32N4O4. The molecule has 1 spiro atoms. The second-order valence-corrected chi connectivity index (χ2v) is 9.18. The van der Waals surface area contributed by atoms with Crippen LogP contribution >= 0.6 is 0 Å². The molecule has 1 aromatic carbocycles. The third-order valence-electron chi connectivity index (χ3n) is 6.54. The number of amides is 2. The van der Waals surface area contributed by atoms with Gasteiger partial charge < -0.3 is 14.7 Å². The Bertz CT molecular complexity index is 779. The quantitative estimate of drug-likeness (QED) is 0.758. The summed E-state index contributed by atoms with van der Waals surface area (Å²) in [6, 6.07) is 10.5. The first-order valence-corrected chi connectivity index (χ1v) is 10.8. The number of carbonyl (C=O) groups excluding carboxylic acids is 1. The first-order valence-electron chi connectivity index (χ1n) is 10.8. The summed E-state index contributed by atoms with van der Waals surface area (Å²) in [5.41, 5.74) is 0.316. The summed E-state index contributed by atoms with van der Waals surface area (Å²) in [4.78, 5) is 30.0. The number of ether oxygens (including phenoxy) is 1. The fourth-order valence-electron chi connectivity index (χ4n) is 4.99. The van der Waals surface area contributed by atoms with Crippen LogP contribution in [-0.2, 0) is 16.1 Å². The number of carbonyl (C=O) groups is 2. The Balaban J connectivity index is 1.48. The van der Waals surface area contributed by atoms with Crippen LogP contribution in [0.25, 0.3) is 0 Å². The number of nitrogens with zero attached hydrogens (tertiary/aromatic N) is 3.